The highest BCUT2D eigenvalue weighted by molar-refractivity contribution is 6.31. The van der Waals surface area contributed by atoms with Crippen LogP contribution in [0.1, 0.15) is 75.7 Å². The van der Waals surface area contributed by atoms with Crippen LogP contribution in [-0.2, 0) is 4.74 Å². The molecule has 0 spiro atoms. The zero-order valence-electron chi connectivity index (χ0n) is 16.5. The highest BCUT2D eigenvalue weighted by Crippen LogP contribution is 2.38. The van der Waals surface area contributed by atoms with Crippen molar-refractivity contribution in [2.24, 2.45) is 0 Å². The molecule has 1 fully saturated rings. The normalized spacial score (nSPS) is 20.3. The molecule has 1 aliphatic heterocycles. The maximum atomic E-state index is 13.5. The van der Waals surface area contributed by atoms with Gasteiger partial charge in [-0.3, -0.25) is 9.69 Å². The van der Waals surface area contributed by atoms with Crippen LogP contribution in [0, 0.1) is 6.92 Å². The Morgan fingerprint density at radius 1 is 1.31 bits per heavy atom. The van der Waals surface area contributed by atoms with Gasteiger partial charge in [0.25, 0.3) is 0 Å². The van der Waals surface area contributed by atoms with E-state index in [2.05, 4.69) is 6.92 Å². The van der Waals surface area contributed by atoms with Gasteiger partial charge in [-0.15, -0.1) is 0 Å². The van der Waals surface area contributed by atoms with Crippen molar-refractivity contribution in [3.05, 3.63) is 34.3 Å². The van der Waals surface area contributed by atoms with Crippen LogP contribution >= 0.6 is 11.6 Å². The monoisotopic (exact) mass is 379 g/mol. The molecule has 0 N–H and O–H groups in total. The van der Waals surface area contributed by atoms with Crippen molar-refractivity contribution >= 4 is 23.5 Å². The summed E-state index contributed by atoms with van der Waals surface area (Å²) in [7, 11) is 0. The van der Waals surface area contributed by atoms with E-state index in [1.54, 1.807) is 17.0 Å². The predicted octanol–water partition coefficient (Wildman–Crippen LogP) is 5.79. The number of unbranched alkanes of at least 4 members (excludes halogenated alkanes) is 1. The molecule has 0 radical (unpaired) electrons. The maximum absolute atomic E-state index is 13.5. The Kier molecular flexibility index (Phi) is 6.38. The summed E-state index contributed by atoms with van der Waals surface area (Å²) in [6.45, 7) is 10.1. The number of aryl methyl sites for hydroxylation is 1. The van der Waals surface area contributed by atoms with Gasteiger partial charge >= 0.3 is 6.09 Å². The second-order valence-corrected chi connectivity index (χ2v) is 8.57. The van der Waals surface area contributed by atoms with Crippen LogP contribution in [0.3, 0.4) is 0 Å². The van der Waals surface area contributed by atoms with Gasteiger partial charge in [0, 0.05) is 17.1 Å². The molecule has 5 heteroatoms. The number of carbonyl (C=O) groups excluding carboxylic acids is 2. The number of halogens is 1. The van der Waals surface area contributed by atoms with Crippen molar-refractivity contribution in [3.8, 4) is 0 Å². The number of hydrogen-bond acceptors (Lipinski definition) is 3. The molecule has 0 aliphatic carbocycles. The smallest absolute Gasteiger partial charge is 0.411 e. The standard InChI is InChI=1S/C21H30ClNO3/c1-6-7-11-21(18(24)16-9-10-17(22)15(2)14-16)12-8-13-23(21)19(25)26-20(3,4)5/h9-10,14H,6-8,11-13H2,1-5H3. The second-order valence-electron chi connectivity index (χ2n) is 8.16. The lowest BCUT2D eigenvalue weighted by Crippen LogP contribution is -2.54. The van der Waals surface area contributed by atoms with E-state index in [1.165, 1.54) is 0 Å². The quantitative estimate of drug-likeness (QED) is 0.608. The van der Waals surface area contributed by atoms with E-state index in [0.29, 0.717) is 30.0 Å². The lowest BCUT2D eigenvalue weighted by Gasteiger charge is -2.38. The third kappa shape index (κ3) is 4.40. The van der Waals surface area contributed by atoms with Gasteiger partial charge in [0.05, 0.1) is 0 Å². The molecule has 0 aromatic heterocycles. The molecule has 1 aliphatic rings. The Morgan fingerprint density at radius 3 is 2.58 bits per heavy atom. The molecule has 4 nitrogen and oxygen atoms in total. The summed E-state index contributed by atoms with van der Waals surface area (Å²) in [5, 5.41) is 0.638. The van der Waals surface area contributed by atoms with Crippen LogP contribution in [-0.4, -0.2) is 34.5 Å². The molecule has 1 unspecified atom stereocenters. The van der Waals surface area contributed by atoms with E-state index < -0.39 is 17.2 Å². The minimum absolute atomic E-state index is 0.00549. The van der Waals surface area contributed by atoms with E-state index in [0.717, 1.165) is 24.8 Å². The molecule has 144 valence electrons. The Morgan fingerprint density at radius 2 is 2.00 bits per heavy atom. The third-order valence-corrected chi connectivity index (χ3v) is 5.31. The van der Waals surface area contributed by atoms with E-state index >= 15 is 0 Å². The zero-order chi connectivity index (χ0) is 19.5. The minimum Gasteiger partial charge on any atom is -0.444 e. The fourth-order valence-electron chi connectivity index (χ4n) is 3.60. The topological polar surface area (TPSA) is 46.6 Å². The van der Waals surface area contributed by atoms with Crippen LogP contribution in [0.4, 0.5) is 4.79 Å². The van der Waals surface area contributed by atoms with E-state index in [-0.39, 0.29) is 5.78 Å². The van der Waals surface area contributed by atoms with Crippen molar-refractivity contribution in [3.63, 3.8) is 0 Å². The summed E-state index contributed by atoms with van der Waals surface area (Å²) in [4.78, 5) is 28.0. The van der Waals surface area contributed by atoms with Crippen LogP contribution < -0.4 is 0 Å². The number of hydrogen-bond donors (Lipinski definition) is 0. The van der Waals surface area contributed by atoms with Crippen molar-refractivity contribution in [2.45, 2.75) is 77.9 Å². The number of nitrogens with zero attached hydrogens (tertiary/aromatic N) is 1. The van der Waals surface area contributed by atoms with Gasteiger partial charge in [-0.1, -0.05) is 31.4 Å². The fraction of sp³-hybridized carbons (Fsp3) is 0.619. The number of amides is 1. The lowest BCUT2D eigenvalue weighted by molar-refractivity contribution is 0.00711. The van der Waals surface area contributed by atoms with Crippen LogP contribution in [0.5, 0.6) is 0 Å². The number of ether oxygens (including phenoxy) is 1. The first-order chi connectivity index (χ1) is 12.1. The van der Waals surface area contributed by atoms with Crippen molar-refractivity contribution < 1.29 is 14.3 Å². The molecule has 1 atom stereocenters. The largest absolute Gasteiger partial charge is 0.444 e. The average molecular weight is 380 g/mol. The molecule has 0 saturated carbocycles. The van der Waals surface area contributed by atoms with Crippen LogP contribution in [0.15, 0.2) is 18.2 Å². The summed E-state index contributed by atoms with van der Waals surface area (Å²) in [6.07, 6.45) is 3.59. The van der Waals surface area contributed by atoms with Gasteiger partial charge in [-0.25, -0.2) is 4.79 Å². The highest BCUT2D eigenvalue weighted by Gasteiger charge is 2.50. The fourth-order valence-corrected chi connectivity index (χ4v) is 3.71. The second kappa shape index (κ2) is 7.99. The number of benzene rings is 1. The van der Waals surface area contributed by atoms with E-state index in [4.69, 9.17) is 16.3 Å². The first-order valence-electron chi connectivity index (χ1n) is 9.42. The number of ketones is 1. The molecule has 1 amide bonds. The Bertz CT molecular complexity index is 680. The summed E-state index contributed by atoms with van der Waals surface area (Å²) in [5.74, 6) is -0.00549. The first-order valence-corrected chi connectivity index (χ1v) is 9.80. The molecule has 0 bridgehead atoms. The average Bonchev–Trinajstić information content (AvgIpc) is 2.98. The molecule has 1 saturated heterocycles. The number of rotatable bonds is 5. The van der Waals surface area contributed by atoms with Crippen molar-refractivity contribution in [1.29, 1.82) is 0 Å². The summed E-state index contributed by atoms with van der Waals surface area (Å²) < 4.78 is 5.60. The molecule has 1 heterocycles. The van der Waals surface area contributed by atoms with Crippen molar-refractivity contribution in [2.75, 3.05) is 6.54 Å². The van der Waals surface area contributed by atoms with Gasteiger partial charge in [-0.05, 0) is 70.7 Å². The predicted molar refractivity (Wildman–Crippen MR) is 105 cm³/mol. The number of likely N-dealkylation sites (tertiary alicyclic amines) is 1. The molecule has 2 rings (SSSR count). The Hall–Kier alpha value is -1.55. The summed E-state index contributed by atoms with van der Waals surface area (Å²) >= 11 is 6.12. The third-order valence-electron chi connectivity index (χ3n) is 4.89. The van der Waals surface area contributed by atoms with E-state index in [9.17, 15) is 9.59 Å². The first kappa shape index (κ1) is 20.8. The lowest BCUT2D eigenvalue weighted by atomic mass is 9.82. The minimum atomic E-state index is -0.821. The van der Waals surface area contributed by atoms with Gasteiger partial charge in [0.1, 0.15) is 11.1 Å². The summed E-state index contributed by atoms with van der Waals surface area (Å²) in [5.41, 5.74) is 0.0674. The van der Waals surface area contributed by atoms with Crippen molar-refractivity contribution in [1.82, 2.24) is 4.90 Å². The van der Waals surface area contributed by atoms with E-state index in [1.807, 2.05) is 33.8 Å². The Balaban J connectivity index is 2.40. The molecular weight excluding hydrogens is 350 g/mol. The van der Waals surface area contributed by atoms with Gasteiger partial charge < -0.3 is 4.74 Å². The van der Waals surface area contributed by atoms with Crippen LogP contribution in [0.2, 0.25) is 5.02 Å². The van der Waals surface area contributed by atoms with Gasteiger partial charge in [0.2, 0.25) is 0 Å². The number of Topliss-reactive ketones (excluding diaryl/α,β-unsaturated/α-hetero) is 1. The van der Waals surface area contributed by atoms with Gasteiger partial charge in [-0.2, -0.15) is 0 Å². The molecule has 1 aromatic carbocycles. The molecule has 26 heavy (non-hydrogen) atoms. The molecular formula is C21H30ClNO3. The maximum Gasteiger partial charge on any atom is 0.411 e. The van der Waals surface area contributed by atoms with Gasteiger partial charge in [0.15, 0.2) is 5.78 Å². The Labute approximate surface area is 161 Å². The summed E-state index contributed by atoms with van der Waals surface area (Å²) in [6, 6.07) is 5.34. The SMILES string of the molecule is CCCCC1(C(=O)c2ccc(Cl)c(C)c2)CCCN1C(=O)OC(C)(C)C. The zero-order valence-corrected chi connectivity index (χ0v) is 17.3. The van der Waals surface area contributed by atoms with Crippen LogP contribution in [0.25, 0.3) is 0 Å². The number of carbonyl (C=O) groups is 2. The molecule has 1 aromatic rings. The highest BCUT2D eigenvalue weighted by atomic mass is 35.5.